The molecule has 0 atom stereocenters. The van der Waals surface area contributed by atoms with Crippen molar-refractivity contribution >= 4 is 22.3 Å². The molecule has 1 aliphatic heterocycles. The highest BCUT2D eigenvalue weighted by Crippen LogP contribution is 2.35. The van der Waals surface area contributed by atoms with Gasteiger partial charge < -0.3 is 15.6 Å². The number of H-pyrrole nitrogens is 1. The van der Waals surface area contributed by atoms with Crippen LogP contribution in [-0.4, -0.2) is 30.1 Å². The first kappa shape index (κ1) is 14.9. The van der Waals surface area contributed by atoms with E-state index in [0.717, 1.165) is 53.1 Å². The Morgan fingerprint density at radius 2 is 2.08 bits per heavy atom. The Morgan fingerprint density at radius 3 is 2.88 bits per heavy atom. The monoisotopic (exact) mass is 322 g/mol. The van der Waals surface area contributed by atoms with Crippen molar-refractivity contribution in [2.45, 2.75) is 6.42 Å². The third kappa shape index (κ3) is 2.57. The van der Waals surface area contributed by atoms with Crippen LogP contribution in [0.1, 0.15) is 12.1 Å². The minimum Gasteiger partial charge on any atom is -0.388 e. The van der Waals surface area contributed by atoms with E-state index < -0.39 is 0 Å². The third-order valence-electron chi connectivity index (χ3n) is 4.48. The van der Waals surface area contributed by atoms with Gasteiger partial charge in [-0.15, -0.1) is 0 Å². The minimum absolute atomic E-state index is 0.245. The number of benzene rings is 1. The van der Waals surface area contributed by atoms with E-state index in [9.17, 15) is 4.39 Å². The molecule has 4 rings (SSSR count). The molecule has 1 aromatic carbocycles. The highest BCUT2D eigenvalue weighted by molar-refractivity contribution is 5.98. The van der Waals surface area contributed by atoms with E-state index in [1.165, 1.54) is 11.6 Å². The number of halogens is 1. The van der Waals surface area contributed by atoms with E-state index >= 15 is 0 Å². The second kappa shape index (κ2) is 6.09. The number of rotatable bonds is 3. The lowest BCUT2D eigenvalue weighted by atomic mass is 10.0. The van der Waals surface area contributed by atoms with Crippen molar-refractivity contribution in [2.24, 2.45) is 0 Å². The lowest BCUT2D eigenvalue weighted by Gasteiger charge is -2.12. The number of nitrogens with zero attached hydrogens (tertiary/aromatic N) is 1. The highest BCUT2D eigenvalue weighted by Gasteiger charge is 2.14. The fraction of sp³-hybridized carbons (Fsp3) is 0.211. The van der Waals surface area contributed by atoms with Gasteiger partial charge in [0.05, 0.1) is 0 Å². The van der Waals surface area contributed by atoms with Crippen LogP contribution < -0.4 is 10.6 Å². The Hall–Kier alpha value is -2.66. The topological polar surface area (TPSA) is 52.7 Å². The van der Waals surface area contributed by atoms with Crippen LogP contribution in [0.15, 0.2) is 42.6 Å². The average molecular weight is 322 g/mol. The summed E-state index contributed by atoms with van der Waals surface area (Å²) in [5.41, 5.74) is 5.93. The Balaban J connectivity index is 1.89. The van der Waals surface area contributed by atoms with E-state index in [4.69, 9.17) is 0 Å². The van der Waals surface area contributed by atoms with Crippen LogP contribution in [-0.2, 0) is 0 Å². The van der Waals surface area contributed by atoms with Gasteiger partial charge in [-0.3, -0.25) is 0 Å². The SMILES string of the molecule is CNc1ccc(F)cc1-c1ccnc2[nH]c(C3=CCNCC3)cc12. The zero-order valence-corrected chi connectivity index (χ0v) is 13.5. The number of fused-ring (bicyclic) bond motifs is 1. The maximum absolute atomic E-state index is 13.8. The average Bonchev–Trinajstić information content (AvgIpc) is 3.06. The molecule has 0 radical (unpaired) electrons. The summed E-state index contributed by atoms with van der Waals surface area (Å²) in [6.45, 7) is 1.87. The molecule has 0 bridgehead atoms. The molecule has 3 aromatic rings. The predicted octanol–water partition coefficient (Wildman–Crippen LogP) is 3.79. The van der Waals surface area contributed by atoms with Crippen molar-refractivity contribution in [1.29, 1.82) is 0 Å². The molecule has 5 heteroatoms. The first-order chi connectivity index (χ1) is 11.8. The van der Waals surface area contributed by atoms with Gasteiger partial charge >= 0.3 is 0 Å². The van der Waals surface area contributed by atoms with Gasteiger partial charge in [0.1, 0.15) is 11.5 Å². The highest BCUT2D eigenvalue weighted by atomic mass is 19.1. The summed E-state index contributed by atoms with van der Waals surface area (Å²) in [6, 6.07) is 8.86. The number of aromatic nitrogens is 2. The maximum Gasteiger partial charge on any atom is 0.138 e. The summed E-state index contributed by atoms with van der Waals surface area (Å²) in [6.07, 6.45) is 4.96. The number of hydrogen-bond acceptors (Lipinski definition) is 3. The summed E-state index contributed by atoms with van der Waals surface area (Å²) in [5, 5.41) is 7.47. The molecule has 0 fully saturated rings. The van der Waals surface area contributed by atoms with Crippen LogP contribution in [0.2, 0.25) is 0 Å². The van der Waals surface area contributed by atoms with E-state index in [0.29, 0.717) is 0 Å². The van der Waals surface area contributed by atoms with Gasteiger partial charge in [0, 0.05) is 42.1 Å². The molecular weight excluding hydrogens is 303 g/mol. The number of nitrogens with one attached hydrogen (secondary N) is 3. The van der Waals surface area contributed by atoms with Gasteiger partial charge in [0.15, 0.2) is 0 Å². The molecule has 3 N–H and O–H groups in total. The van der Waals surface area contributed by atoms with E-state index in [1.54, 1.807) is 18.3 Å². The Bertz CT molecular complexity index is 926. The summed E-state index contributed by atoms with van der Waals surface area (Å²) in [4.78, 5) is 7.85. The molecular formula is C19H19FN4. The van der Waals surface area contributed by atoms with E-state index in [1.807, 2.05) is 13.1 Å². The van der Waals surface area contributed by atoms with Crippen LogP contribution >= 0.6 is 0 Å². The molecule has 2 aromatic heterocycles. The van der Waals surface area contributed by atoms with Crippen LogP contribution in [0.5, 0.6) is 0 Å². The predicted molar refractivity (Wildman–Crippen MR) is 96.5 cm³/mol. The first-order valence-electron chi connectivity index (χ1n) is 8.12. The van der Waals surface area contributed by atoms with Gasteiger partial charge in [-0.2, -0.15) is 0 Å². The van der Waals surface area contributed by atoms with Gasteiger partial charge in [-0.05, 0) is 54.4 Å². The minimum atomic E-state index is -0.245. The molecule has 0 saturated carbocycles. The van der Waals surface area contributed by atoms with Crippen molar-refractivity contribution in [1.82, 2.24) is 15.3 Å². The normalized spacial score (nSPS) is 14.7. The summed E-state index contributed by atoms with van der Waals surface area (Å²) >= 11 is 0. The second-order valence-electron chi connectivity index (χ2n) is 5.93. The van der Waals surface area contributed by atoms with Crippen molar-refractivity contribution in [3.05, 3.63) is 54.1 Å². The molecule has 0 aliphatic carbocycles. The maximum atomic E-state index is 13.8. The lowest BCUT2D eigenvalue weighted by Crippen LogP contribution is -2.20. The van der Waals surface area contributed by atoms with Crippen molar-refractivity contribution in [2.75, 3.05) is 25.5 Å². The fourth-order valence-electron chi connectivity index (χ4n) is 3.26. The summed E-state index contributed by atoms with van der Waals surface area (Å²) in [7, 11) is 1.84. The zero-order valence-electron chi connectivity index (χ0n) is 13.5. The molecule has 0 unspecified atom stereocenters. The third-order valence-corrected chi connectivity index (χ3v) is 4.48. The van der Waals surface area contributed by atoms with Gasteiger partial charge in [-0.1, -0.05) is 6.08 Å². The quantitative estimate of drug-likeness (QED) is 0.688. The largest absolute Gasteiger partial charge is 0.388 e. The Kier molecular flexibility index (Phi) is 3.78. The van der Waals surface area contributed by atoms with Crippen molar-refractivity contribution in [3.63, 3.8) is 0 Å². The Labute approximate surface area is 139 Å². The van der Waals surface area contributed by atoms with Crippen molar-refractivity contribution < 1.29 is 4.39 Å². The number of aromatic amines is 1. The molecule has 4 nitrogen and oxygen atoms in total. The number of pyridine rings is 1. The summed E-state index contributed by atoms with van der Waals surface area (Å²) in [5.74, 6) is -0.245. The smallest absolute Gasteiger partial charge is 0.138 e. The van der Waals surface area contributed by atoms with Gasteiger partial charge in [0.2, 0.25) is 0 Å². The first-order valence-corrected chi connectivity index (χ1v) is 8.12. The van der Waals surface area contributed by atoms with Crippen LogP contribution in [0.4, 0.5) is 10.1 Å². The van der Waals surface area contributed by atoms with Crippen LogP contribution in [0, 0.1) is 5.82 Å². The second-order valence-corrected chi connectivity index (χ2v) is 5.93. The molecule has 24 heavy (non-hydrogen) atoms. The molecule has 122 valence electrons. The van der Waals surface area contributed by atoms with E-state index in [-0.39, 0.29) is 5.82 Å². The molecule has 0 amide bonds. The standard InChI is InChI=1S/C19H19FN4/c1-21-17-3-2-13(20)10-15(17)14-6-9-23-19-16(14)11-18(24-19)12-4-7-22-8-5-12/h2-4,6,9-11,21-22H,5,7-8H2,1H3,(H,23,24). The summed E-state index contributed by atoms with van der Waals surface area (Å²) < 4.78 is 13.8. The zero-order chi connectivity index (χ0) is 16.5. The van der Waals surface area contributed by atoms with Crippen LogP contribution in [0.3, 0.4) is 0 Å². The van der Waals surface area contributed by atoms with Crippen LogP contribution in [0.25, 0.3) is 27.7 Å². The molecule has 0 spiro atoms. The Morgan fingerprint density at radius 1 is 1.17 bits per heavy atom. The van der Waals surface area contributed by atoms with Gasteiger partial charge in [-0.25, -0.2) is 9.37 Å². The molecule has 1 aliphatic rings. The number of hydrogen-bond donors (Lipinski definition) is 3. The molecule has 0 saturated heterocycles. The number of anilines is 1. The fourth-order valence-corrected chi connectivity index (χ4v) is 3.26. The molecule has 3 heterocycles. The van der Waals surface area contributed by atoms with E-state index in [2.05, 4.69) is 32.7 Å². The van der Waals surface area contributed by atoms with Crippen molar-refractivity contribution in [3.8, 4) is 11.1 Å². The lowest BCUT2D eigenvalue weighted by molar-refractivity contribution is 0.628. The van der Waals surface area contributed by atoms with Gasteiger partial charge in [0.25, 0.3) is 0 Å².